The minimum Gasteiger partial charge on any atom is -0.479 e. The van der Waals surface area contributed by atoms with Crippen LogP contribution in [-0.4, -0.2) is 30.3 Å². The zero-order chi connectivity index (χ0) is 23.0. The molecule has 2 aromatic rings. The molecule has 0 bridgehead atoms. The van der Waals surface area contributed by atoms with Crippen molar-refractivity contribution in [1.29, 1.82) is 0 Å². The van der Waals surface area contributed by atoms with E-state index in [-0.39, 0.29) is 0 Å². The third-order valence-corrected chi connectivity index (χ3v) is 6.33. The second-order valence-electron chi connectivity index (χ2n) is 8.61. The lowest BCUT2D eigenvalue weighted by molar-refractivity contribution is -0.149. The molecule has 0 saturated heterocycles. The smallest absolute Gasteiger partial charge is 0.333 e. The van der Waals surface area contributed by atoms with E-state index in [4.69, 9.17) is 4.74 Å². The van der Waals surface area contributed by atoms with E-state index in [1.807, 2.05) is 19.1 Å². The number of aryl methyl sites for hydroxylation is 2. The zero-order valence-electron chi connectivity index (χ0n) is 19.4. The molecule has 1 atom stereocenters. The Morgan fingerprint density at radius 2 is 1.88 bits per heavy atom. The van der Waals surface area contributed by atoms with Crippen LogP contribution in [0.2, 0.25) is 0 Å². The van der Waals surface area contributed by atoms with Gasteiger partial charge < -0.3 is 14.7 Å². The van der Waals surface area contributed by atoms with Gasteiger partial charge in [0.15, 0.2) is 6.10 Å². The lowest BCUT2D eigenvalue weighted by atomic mass is 9.96. The number of carboxylic acid groups (broad SMARTS) is 1. The maximum absolute atomic E-state index is 11.3. The van der Waals surface area contributed by atoms with Crippen LogP contribution < -0.4 is 4.90 Å². The van der Waals surface area contributed by atoms with Crippen LogP contribution in [0.5, 0.6) is 0 Å². The molecule has 0 aromatic heterocycles. The van der Waals surface area contributed by atoms with Gasteiger partial charge in [-0.3, -0.25) is 0 Å². The number of allylic oxidation sites excluding steroid dienone is 4. The lowest BCUT2D eigenvalue weighted by Crippen LogP contribution is -2.27. The Kier molecular flexibility index (Phi) is 7.79. The highest BCUT2D eigenvalue weighted by molar-refractivity contribution is 5.72. The number of hydrogen-bond acceptors (Lipinski definition) is 3. The van der Waals surface area contributed by atoms with E-state index in [0.717, 1.165) is 44.2 Å². The normalized spacial score (nSPS) is 17.7. The summed E-state index contributed by atoms with van der Waals surface area (Å²) in [5.74, 6) is -0.908. The second kappa shape index (κ2) is 11.2. The zero-order valence-corrected chi connectivity index (χ0v) is 19.4. The minimum absolute atomic E-state index is 0.394. The molecule has 4 rings (SSSR count). The standard InChI is InChI=1S/C29H33NO3/c1-2-33-28(29(31)32)21-23-18-16-22(17-19-23)9-8-20-30-26-14-5-3-10-24(26)12-7-13-25-11-4-6-15-27(25)30/h3-5,10-11,13-19,28H,2,6-9,12,20-21H2,1H3,(H,31,32)/b25-13-. The third-order valence-electron chi connectivity index (χ3n) is 6.33. The van der Waals surface area contributed by atoms with Crippen molar-refractivity contribution in [2.45, 2.75) is 51.6 Å². The molecule has 1 N–H and O–H groups in total. The SMILES string of the molecule is CCOC(Cc1ccc(CCCN2C3=CCC=C/C3=C/CCc3ccccc32)cc1)C(=O)O. The number of carbonyl (C=O) groups is 1. The highest BCUT2D eigenvalue weighted by Gasteiger charge is 2.21. The van der Waals surface area contributed by atoms with Crippen molar-refractivity contribution in [3.05, 3.63) is 101 Å². The van der Waals surface area contributed by atoms with E-state index >= 15 is 0 Å². The van der Waals surface area contributed by atoms with Gasteiger partial charge in [0, 0.05) is 31.0 Å². The highest BCUT2D eigenvalue weighted by Crippen LogP contribution is 2.33. The van der Waals surface area contributed by atoms with Crippen molar-refractivity contribution in [3.63, 3.8) is 0 Å². The van der Waals surface area contributed by atoms with Crippen LogP contribution in [0.4, 0.5) is 5.69 Å². The van der Waals surface area contributed by atoms with Crippen LogP contribution in [0.1, 0.15) is 42.9 Å². The van der Waals surface area contributed by atoms with Crippen LogP contribution in [0.3, 0.4) is 0 Å². The van der Waals surface area contributed by atoms with E-state index in [1.54, 1.807) is 0 Å². The molecule has 4 heteroatoms. The van der Waals surface area contributed by atoms with E-state index in [0.29, 0.717) is 13.0 Å². The van der Waals surface area contributed by atoms with Gasteiger partial charge >= 0.3 is 5.97 Å². The summed E-state index contributed by atoms with van der Waals surface area (Å²) in [5, 5.41) is 9.31. The fraction of sp³-hybridized carbons (Fsp3) is 0.345. The average molecular weight is 444 g/mol. The predicted molar refractivity (Wildman–Crippen MR) is 134 cm³/mol. The Labute approximate surface area is 196 Å². The van der Waals surface area contributed by atoms with Crippen LogP contribution in [0.15, 0.2) is 84.1 Å². The number of aliphatic carboxylic acids is 1. The largest absolute Gasteiger partial charge is 0.479 e. The molecule has 1 aliphatic carbocycles. The molecule has 0 amide bonds. The minimum atomic E-state index is -0.908. The van der Waals surface area contributed by atoms with Gasteiger partial charge in [0.2, 0.25) is 0 Å². The summed E-state index contributed by atoms with van der Waals surface area (Å²) in [4.78, 5) is 13.8. The maximum Gasteiger partial charge on any atom is 0.333 e. The summed E-state index contributed by atoms with van der Waals surface area (Å²) >= 11 is 0. The molecular weight excluding hydrogens is 410 g/mol. The Morgan fingerprint density at radius 3 is 2.67 bits per heavy atom. The van der Waals surface area contributed by atoms with Crippen molar-refractivity contribution < 1.29 is 14.6 Å². The first-order chi connectivity index (χ1) is 16.2. The number of para-hydroxylation sites is 1. The summed E-state index contributed by atoms with van der Waals surface area (Å²) < 4.78 is 5.34. The summed E-state index contributed by atoms with van der Waals surface area (Å²) in [6.45, 7) is 3.18. The van der Waals surface area contributed by atoms with E-state index in [1.165, 1.54) is 28.1 Å². The average Bonchev–Trinajstić information content (AvgIpc) is 2.82. The molecule has 0 saturated carbocycles. The number of carboxylic acids is 1. The Morgan fingerprint density at radius 1 is 1.09 bits per heavy atom. The lowest BCUT2D eigenvalue weighted by Gasteiger charge is -2.33. The Balaban J connectivity index is 1.42. The first kappa shape index (κ1) is 23.1. The molecule has 2 aromatic carbocycles. The number of nitrogens with zero attached hydrogens (tertiary/aromatic N) is 1. The summed E-state index contributed by atoms with van der Waals surface area (Å²) in [6.07, 6.45) is 14.0. The quantitative estimate of drug-likeness (QED) is 0.526. The number of benzene rings is 2. The van der Waals surface area contributed by atoms with Crippen LogP contribution in [-0.2, 0) is 28.8 Å². The summed E-state index contributed by atoms with van der Waals surface area (Å²) in [7, 11) is 0. The first-order valence-electron chi connectivity index (χ1n) is 12.0. The van der Waals surface area contributed by atoms with Gasteiger partial charge in [-0.25, -0.2) is 4.79 Å². The Hall–Kier alpha value is -3.11. The fourth-order valence-electron chi connectivity index (χ4n) is 4.67. The van der Waals surface area contributed by atoms with Gasteiger partial charge in [0.25, 0.3) is 0 Å². The highest BCUT2D eigenvalue weighted by atomic mass is 16.5. The van der Waals surface area contributed by atoms with Crippen LogP contribution in [0, 0.1) is 0 Å². The fourth-order valence-corrected chi connectivity index (χ4v) is 4.67. The number of anilines is 1. The molecule has 0 fully saturated rings. The Bertz CT molecular complexity index is 1050. The van der Waals surface area contributed by atoms with E-state index in [2.05, 4.69) is 65.6 Å². The van der Waals surface area contributed by atoms with E-state index in [9.17, 15) is 9.90 Å². The monoisotopic (exact) mass is 443 g/mol. The van der Waals surface area contributed by atoms with Gasteiger partial charge in [0.1, 0.15) is 0 Å². The van der Waals surface area contributed by atoms with Gasteiger partial charge in [-0.2, -0.15) is 0 Å². The topological polar surface area (TPSA) is 49.8 Å². The van der Waals surface area contributed by atoms with Crippen molar-refractivity contribution in [2.24, 2.45) is 0 Å². The van der Waals surface area contributed by atoms with Crippen molar-refractivity contribution in [3.8, 4) is 0 Å². The first-order valence-corrected chi connectivity index (χ1v) is 12.0. The van der Waals surface area contributed by atoms with Crippen LogP contribution in [0.25, 0.3) is 0 Å². The molecule has 1 heterocycles. The van der Waals surface area contributed by atoms with Gasteiger partial charge in [-0.05, 0) is 67.4 Å². The number of rotatable bonds is 9. The maximum atomic E-state index is 11.3. The molecule has 1 unspecified atom stereocenters. The summed E-state index contributed by atoms with van der Waals surface area (Å²) in [5.41, 5.74) is 7.67. The molecule has 4 nitrogen and oxygen atoms in total. The number of ether oxygens (including phenoxy) is 1. The third kappa shape index (κ3) is 5.82. The predicted octanol–water partition coefficient (Wildman–Crippen LogP) is 5.87. The molecule has 0 radical (unpaired) electrons. The molecule has 2 aliphatic rings. The van der Waals surface area contributed by atoms with Crippen LogP contribution >= 0.6 is 0 Å². The van der Waals surface area contributed by atoms with Gasteiger partial charge in [-0.15, -0.1) is 0 Å². The van der Waals surface area contributed by atoms with Crippen molar-refractivity contribution >= 4 is 11.7 Å². The summed E-state index contributed by atoms with van der Waals surface area (Å²) in [6, 6.07) is 17.1. The molecular formula is C29H33NO3. The van der Waals surface area contributed by atoms with E-state index < -0.39 is 12.1 Å². The molecule has 172 valence electrons. The number of fused-ring (bicyclic) bond motifs is 2. The number of hydrogen-bond donors (Lipinski definition) is 1. The van der Waals surface area contributed by atoms with Crippen molar-refractivity contribution in [2.75, 3.05) is 18.1 Å². The van der Waals surface area contributed by atoms with Crippen molar-refractivity contribution in [1.82, 2.24) is 0 Å². The molecule has 1 aliphatic heterocycles. The second-order valence-corrected chi connectivity index (χ2v) is 8.61. The molecule has 33 heavy (non-hydrogen) atoms. The van der Waals surface area contributed by atoms with Gasteiger partial charge in [0.05, 0.1) is 0 Å². The molecule has 0 spiro atoms. The van der Waals surface area contributed by atoms with Gasteiger partial charge in [-0.1, -0.05) is 66.8 Å².